The fourth-order valence-electron chi connectivity index (χ4n) is 3.82. The van der Waals surface area contributed by atoms with Crippen LogP contribution in [-0.4, -0.2) is 42.1 Å². The minimum atomic E-state index is -0.105. The van der Waals surface area contributed by atoms with Crippen molar-refractivity contribution in [3.05, 3.63) is 59.5 Å². The number of aryl methyl sites for hydroxylation is 1. The third-order valence-electron chi connectivity index (χ3n) is 5.04. The first kappa shape index (κ1) is 17.4. The second kappa shape index (κ2) is 6.69. The minimum absolute atomic E-state index is 0.0594. The molecule has 0 spiro atoms. The van der Waals surface area contributed by atoms with Gasteiger partial charge in [0.15, 0.2) is 11.5 Å². The average molecular weight is 389 g/mol. The molecule has 29 heavy (non-hydrogen) atoms. The molecule has 0 unspecified atom stereocenters. The van der Waals surface area contributed by atoms with E-state index >= 15 is 0 Å². The Morgan fingerprint density at radius 3 is 3.00 bits per heavy atom. The number of nitrogens with zero attached hydrogens (tertiary/aromatic N) is 6. The molecule has 9 nitrogen and oxygen atoms in total. The second-order valence-corrected chi connectivity index (χ2v) is 6.90. The number of rotatable bonds is 4. The van der Waals surface area contributed by atoms with E-state index in [4.69, 9.17) is 4.74 Å². The number of aromatic nitrogens is 6. The van der Waals surface area contributed by atoms with E-state index in [2.05, 4.69) is 25.7 Å². The third kappa shape index (κ3) is 2.91. The molecular weight excluding hydrogens is 370 g/mol. The van der Waals surface area contributed by atoms with Crippen molar-refractivity contribution in [1.82, 2.24) is 29.6 Å². The largest absolute Gasteiger partial charge is 0.494 e. The molecule has 1 aromatic carbocycles. The highest BCUT2D eigenvalue weighted by Gasteiger charge is 2.33. The van der Waals surface area contributed by atoms with Crippen molar-refractivity contribution < 1.29 is 9.53 Å². The highest BCUT2D eigenvalue weighted by atomic mass is 16.5. The van der Waals surface area contributed by atoms with Gasteiger partial charge in [-0.25, -0.2) is 0 Å². The molecule has 1 amide bonds. The molecule has 0 radical (unpaired) electrons. The number of amides is 1. The Labute approximate surface area is 166 Å². The van der Waals surface area contributed by atoms with E-state index in [9.17, 15) is 4.79 Å². The SMILES string of the molecule is CCOc1cccc([C@H]2CC(=O)Nc3c2c(C)nn3-c2ccc3nncn3n2)c1. The first-order valence-corrected chi connectivity index (χ1v) is 9.43. The molecule has 3 aromatic heterocycles. The summed E-state index contributed by atoms with van der Waals surface area (Å²) in [7, 11) is 0. The van der Waals surface area contributed by atoms with Crippen molar-refractivity contribution in [2.24, 2.45) is 0 Å². The van der Waals surface area contributed by atoms with Gasteiger partial charge in [0.2, 0.25) is 5.91 Å². The van der Waals surface area contributed by atoms with Crippen LogP contribution in [0.25, 0.3) is 11.5 Å². The van der Waals surface area contributed by atoms with Crippen molar-refractivity contribution in [2.75, 3.05) is 11.9 Å². The standard InChI is InChI=1S/C20H19N7O2/c1-3-29-14-6-4-5-13(9-14)15-10-18(28)22-20-19(15)12(2)24-27(20)17-8-7-16-23-21-11-26(16)25-17/h4-9,11,15H,3,10H2,1-2H3,(H,22,28)/t15-/m1/s1. The summed E-state index contributed by atoms with van der Waals surface area (Å²) in [5.74, 6) is 1.85. The van der Waals surface area contributed by atoms with Crippen molar-refractivity contribution in [2.45, 2.75) is 26.2 Å². The molecule has 0 bridgehead atoms. The lowest BCUT2D eigenvalue weighted by Gasteiger charge is -2.24. The minimum Gasteiger partial charge on any atom is -0.494 e. The maximum absolute atomic E-state index is 12.6. The Kier molecular flexibility index (Phi) is 4.01. The molecule has 146 valence electrons. The van der Waals surface area contributed by atoms with Gasteiger partial charge in [-0.2, -0.15) is 14.3 Å². The zero-order valence-corrected chi connectivity index (χ0v) is 16.0. The molecule has 1 atom stereocenters. The summed E-state index contributed by atoms with van der Waals surface area (Å²) in [6.07, 6.45) is 1.88. The molecule has 0 saturated heterocycles. The summed E-state index contributed by atoms with van der Waals surface area (Å²) < 4.78 is 8.89. The molecule has 4 heterocycles. The maximum atomic E-state index is 12.6. The fraction of sp³-hybridized carbons (Fsp3) is 0.250. The van der Waals surface area contributed by atoms with Gasteiger partial charge in [0.05, 0.1) is 12.3 Å². The molecule has 0 fully saturated rings. The van der Waals surface area contributed by atoms with Crippen LogP contribution in [0.3, 0.4) is 0 Å². The van der Waals surface area contributed by atoms with E-state index in [1.54, 1.807) is 9.20 Å². The highest BCUT2D eigenvalue weighted by molar-refractivity contribution is 5.95. The van der Waals surface area contributed by atoms with E-state index in [-0.39, 0.29) is 11.8 Å². The number of hydrogen-bond acceptors (Lipinski definition) is 6. The van der Waals surface area contributed by atoms with Crippen LogP contribution in [0.2, 0.25) is 0 Å². The molecule has 4 aromatic rings. The number of carbonyl (C=O) groups excluding carboxylic acids is 1. The lowest BCUT2D eigenvalue weighted by molar-refractivity contribution is -0.116. The monoisotopic (exact) mass is 389 g/mol. The van der Waals surface area contributed by atoms with Gasteiger partial charge in [0, 0.05) is 17.9 Å². The Hall–Kier alpha value is -3.75. The molecular formula is C20H19N7O2. The van der Waals surface area contributed by atoms with E-state index in [1.165, 1.54) is 6.33 Å². The molecule has 1 aliphatic heterocycles. The van der Waals surface area contributed by atoms with Crippen molar-refractivity contribution >= 4 is 17.4 Å². The molecule has 1 N–H and O–H groups in total. The van der Waals surface area contributed by atoms with Gasteiger partial charge in [-0.1, -0.05) is 12.1 Å². The number of anilines is 1. The van der Waals surface area contributed by atoms with Gasteiger partial charge in [-0.15, -0.1) is 15.3 Å². The van der Waals surface area contributed by atoms with Crippen molar-refractivity contribution in [1.29, 1.82) is 0 Å². The first-order valence-electron chi connectivity index (χ1n) is 9.43. The van der Waals surface area contributed by atoms with Crippen molar-refractivity contribution in [3.8, 4) is 11.6 Å². The lowest BCUT2D eigenvalue weighted by atomic mass is 9.86. The van der Waals surface area contributed by atoms with Gasteiger partial charge in [0.25, 0.3) is 0 Å². The Morgan fingerprint density at radius 1 is 1.24 bits per heavy atom. The summed E-state index contributed by atoms with van der Waals surface area (Å²) in [5.41, 5.74) is 3.50. The zero-order chi connectivity index (χ0) is 20.0. The quantitative estimate of drug-likeness (QED) is 0.576. The first-order chi connectivity index (χ1) is 14.1. The fourth-order valence-corrected chi connectivity index (χ4v) is 3.82. The predicted molar refractivity (Wildman–Crippen MR) is 105 cm³/mol. The summed E-state index contributed by atoms with van der Waals surface area (Å²) in [6, 6.07) is 11.5. The number of hydrogen-bond donors (Lipinski definition) is 1. The summed E-state index contributed by atoms with van der Waals surface area (Å²) in [5, 5.41) is 20.0. The molecule has 0 aliphatic carbocycles. The summed E-state index contributed by atoms with van der Waals surface area (Å²) >= 11 is 0. The number of nitrogens with one attached hydrogen (secondary N) is 1. The van der Waals surface area contributed by atoms with Gasteiger partial charge >= 0.3 is 0 Å². The predicted octanol–water partition coefficient (Wildman–Crippen LogP) is 2.49. The zero-order valence-electron chi connectivity index (χ0n) is 16.0. The molecule has 0 saturated carbocycles. The summed E-state index contributed by atoms with van der Waals surface area (Å²) in [4.78, 5) is 12.6. The van der Waals surface area contributed by atoms with Crippen LogP contribution in [0.4, 0.5) is 5.82 Å². The van der Waals surface area contributed by atoms with Gasteiger partial charge in [0.1, 0.15) is 17.9 Å². The van der Waals surface area contributed by atoms with Crippen LogP contribution in [0, 0.1) is 6.92 Å². The third-order valence-corrected chi connectivity index (χ3v) is 5.04. The maximum Gasteiger partial charge on any atom is 0.226 e. The van der Waals surface area contributed by atoms with Crippen LogP contribution in [0.5, 0.6) is 5.75 Å². The van der Waals surface area contributed by atoms with Crippen LogP contribution in [0.1, 0.15) is 36.1 Å². The number of carbonyl (C=O) groups is 1. The van der Waals surface area contributed by atoms with E-state index < -0.39 is 0 Å². The van der Waals surface area contributed by atoms with Crippen LogP contribution in [0.15, 0.2) is 42.7 Å². The van der Waals surface area contributed by atoms with E-state index in [1.807, 2.05) is 50.2 Å². The van der Waals surface area contributed by atoms with E-state index in [0.29, 0.717) is 30.3 Å². The Morgan fingerprint density at radius 2 is 2.14 bits per heavy atom. The number of ether oxygens (including phenoxy) is 1. The van der Waals surface area contributed by atoms with Gasteiger partial charge in [-0.3, -0.25) is 4.79 Å². The topological polar surface area (TPSA) is 99.2 Å². The molecule has 1 aliphatic rings. The number of benzene rings is 1. The summed E-state index contributed by atoms with van der Waals surface area (Å²) in [6.45, 7) is 4.49. The molecule has 5 rings (SSSR count). The van der Waals surface area contributed by atoms with Gasteiger partial charge < -0.3 is 10.1 Å². The lowest BCUT2D eigenvalue weighted by Crippen LogP contribution is -2.25. The van der Waals surface area contributed by atoms with Crippen LogP contribution < -0.4 is 10.1 Å². The number of fused-ring (bicyclic) bond motifs is 2. The second-order valence-electron chi connectivity index (χ2n) is 6.90. The highest BCUT2D eigenvalue weighted by Crippen LogP contribution is 2.40. The smallest absolute Gasteiger partial charge is 0.226 e. The van der Waals surface area contributed by atoms with Crippen molar-refractivity contribution in [3.63, 3.8) is 0 Å². The van der Waals surface area contributed by atoms with Crippen LogP contribution >= 0.6 is 0 Å². The van der Waals surface area contributed by atoms with Gasteiger partial charge in [-0.05, 0) is 43.7 Å². The average Bonchev–Trinajstić information content (AvgIpc) is 3.31. The molecule has 9 heteroatoms. The Bertz CT molecular complexity index is 1230. The van der Waals surface area contributed by atoms with E-state index in [0.717, 1.165) is 22.6 Å². The Balaban J connectivity index is 1.63. The normalized spacial score (nSPS) is 15.9. The van der Waals surface area contributed by atoms with Crippen LogP contribution in [-0.2, 0) is 4.79 Å².